The Morgan fingerprint density at radius 1 is 1.14 bits per heavy atom. The molecule has 9 heteroatoms. The number of aliphatic imine (C=N–C) groups is 1. The number of rotatable bonds is 6. The number of halogens is 3. The minimum atomic E-state index is -4.19. The van der Waals surface area contributed by atoms with Crippen molar-refractivity contribution in [3.8, 4) is 0 Å². The van der Waals surface area contributed by atoms with Gasteiger partial charge < -0.3 is 10.2 Å². The topological polar surface area (TPSA) is 48.7 Å². The average Bonchev–Trinajstić information content (AvgIpc) is 2.98. The third-order valence-electron chi connectivity index (χ3n) is 5.38. The second-order valence-corrected chi connectivity index (χ2v) is 7.11. The second kappa shape index (κ2) is 9.62. The number of hydrogen-bond acceptors (Lipinski definition) is 3. The molecular weight excluding hydrogens is 369 g/mol. The lowest BCUT2D eigenvalue weighted by atomic mass is 10.1. The molecule has 6 nitrogen and oxygen atoms in total. The lowest BCUT2D eigenvalue weighted by Gasteiger charge is -2.39. The normalized spacial score (nSPS) is 17.9. The number of guanidine groups is 1. The van der Waals surface area contributed by atoms with E-state index in [1.54, 1.807) is 0 Å². The summed E-state index contributed by atoms with van der Waals surface area (Å²) in [4.78, 5) is 8.34. The van der Waals surface area contributed by atoms with E-state index in [1.165, 1.54) is 17.5 Å². The summed E-state index contributed by atoms with van der Waals surface area (Å²) in [6.45, 7) is 10.5. The smallest absolute Gasteiger partial charge is 0.357 e. The monoisotopic (exact) mass is 402 g/mol. The van der Waals surface area contributed by atoms with E-state index >= 15 is 0 Å². The molecule has 160 valence electrons. The summed E-state index contributed by atoms with van der Waals surface area (Å²) in [5, 5.41) is 7.88. The first-order valence-corrected chi connectivity index (χ1v) is 10.1. The van der Waals surface area contributed by atoms with Crippen LogP contribution in [0.1, 0.15) is 44.6 Å². The highest BCUT2D eigenvalue weighted by molar-refractivity contribution is 5.80. The summed E-state index contributed by atoms with van der Waals surface area (Å²) < 4.78 is 40.8. The van der Waals surface area contributed by atoms with Crippen molar-refractivity contribution in [3.63, 3.8) is 0 Å². The van der Waals surface area contributed by atoms with Crippen LogP contribution in [0, 0.1) is 0 Å². The van der Waals surface area contributed by atoms with Gasteiger partial charge in [-0.2, -0.15) is 18.3 Å². The Labute approximate surface area is 165 Å². The van der Waals surface area contributed by atoms with Crippen LogP contribution in [0.5, 0.6) is 0 Å². The summed E-state index contributed by atoms with van der Waals surface area (Å²) in [6.07, 6.45) is -2.45. The fraction of sp³-hybridized carbons (Fsp3) is 0.789. The van der Waals surface area contributed by atoms with Gasteiger partial charge in [0, 0.05) is 51.0 Å². The molecule has 0 aromatic carbocycles. The first-order valence-electron chi connectivity index (χ1n) is 10.1. The fourth-order valence-corrected chi connectivity index (χ4v) is 3.68. The molecule has 1 N–H and O–H groups in total. The summed E-state index contributed by atoms with van der Waals surface area (Å²) in [6, 6.07) is -1.41. The maximum Gasteiger partial charge on any atom is 0.403 e. The zero-order chi connectivity index (χ0) is 20.9. The van der Waals surface area contributed by atoms with Crippen molar-refractivity contribution in [1.82, 2.24) is 24.9 Å². The van der Waals surface area contributed by atoms with Gasteiger partial charge in [0.15, 0.2) is 5.96 Å². The predicted octanol–water partition coefficient (Wildman–Crippen LogP) is 2.58. The van der Waals surface area contributed by atoms with E-state index in [0.29, 0.717) is 39.3 Å². The number of nitrogens with zero attached hydrogens (tertiary/aromatic N) is 5. The lowest BCUT2D eigenvalue weighted by Crippen LogP contribution is -2.56. The zero-order valence-corrected chi connectivity index (χ0v) is 17.6. The van der Waals surface area contributed by atoms with Gasteiger partial charge in [0.2, 0.25) is 0 Å². The van der Waals surface area contributed by atoms with E-state index in [2.05, 4.69) is 29.2 Å². The first-order chi connectivity index (χ1) is 13.2. The van der Waals surface area contributed by atoms with Gasteiger partial charge in [0.1, 0.15) is 6.04 Å². The molecule has 0 saturated carbocycles. The lowest BCUT2D eigenvalue weighted by molar-refractivity contribution is -0.181. The third-order valence-corrected chi connectivity index (χ3v) is 5.38. The van der Waals surface area contributed by atoms with E-state index in [0.717, 1.165) is 30.1 Å². The van der Waals surface area contributed by atoms with Gasteiger partial charge in [-0.05, 0) is 26.7 Å². The van der Waals surface area contributed by atoms with Crippen LogP contribution < -0.4 is 5.32 Å². The highest BCUT2D eigenvalue weighted by atomic mass is 19.4. The molecule has 0 aliphatic carbocycles. The van der Waals surface area contributed by atoms with Crippen LogP contribution in [0.4, 0.5) is 13.2 Å². The number of alkyl halides is 3. The van der Waals surface area contributed by atoms with Crippen molar-refractivity contribution in [2.75, 3.05) is 32.7 Å². The highest BCUT2D eigenvalue weighted by Gasteiger charge is 2.41. The minimum absolute atomic E-state index is 0.373. The van der Waals surface area contributed by atoms with Crippen molar-refractivity contribution in [2.24, 2.45) is 12.0 Å². The molecule has 1 fully saturated rings. The van der Waals surface area contributed by atoms with Crippen LogP contribution in [0.25, 0.3) is 0 Å². The van der Waals surface area contributed by atoms with E-state index < -0.39 is 12.2 Å². The molecule has 1 atom stereocenters. The fourth-order valence-electron chi connectivity index (χ4n) is 3.68. The Kier molecular flexibility index (Phi) is 7.74. The molecule has 28 heavy (non-hydrogen) atoms. The zero-order valence-electron chi connectivity index (χ0n) is 17.6. The molecule has 0 radical (unpaired) electrons. The summed E-state index contributed by atoms with van der Waals surface area (Å²) in [7, 11) is 1.96. The molecule has 1 aliphatic rings. The number of nitrogens with one attached hydrogen (secondary N) is 1. The van der Waals surface area contributed by atoms with Crippen molar-refractivity contribution in [3.05, 3.63) is 17.0 Å². The summed E-state index contributed by atoms with van der Waals surface area (Å²) in [5.41, 5.74) is 3.40. The van der Waals surface area contributed by atoms with Gasteiger partial charge >= 0.3 is 6.18 Å². The molecule has 1 unspecified atom stereocenters. The van der Waals surface area contributed by atoms with Crippen LogP contribution in [-0.4, -0.2) is 70.5 Å². The molecule has 0 spiro atoms. The maximum absolute atomic E-state index is 13.0. The Morgan fingerprint density at radius 2 is 1.79 bits per heavy atom. The maximum atomic E-state index is 13.0. The standard InChI is InChI=1S/C19H33F3N6/c1-6-16-15(17(7-2)26(5)25-16)13-24-18(23-8-3)28-11-9-27(10-12-28)14(4)19(20,21)22/h14H,6-13H2,1-5H3,(H,23,24). The van der Waals surface area contributed by atoms with Crippen LogP contribution in [0.15, 0.2) is 4.99 Å². The number of hydrogen-bond donors (Lipinski definition) is 1. The number of aryl methyl sites for hydroxylation is 2. The third kappa shape index (κ3) is 5.18. The van der Waals surface area contributed by atoms with E-state index in [1.807, 2.05) is 18.7 Å². The molecule has 1 aliphatic heterocycles. The predicted molar refractivity (Wildman–Crippen MR) is 105 cm³/mol. The van der Waals surface area contributed by atoms with Crippen LogP contribution in [0.2, 0.25) is 0 Å². The van der Waals surface area contributed by atoms with Gasteiger partial charge in [-0.3, -0.25) is 9.58 Å². The molecule has 1 saturated heterocycles. The van der Waals surface area contributed by atoms with Crippen LogP contribution in [0.3, 0.4) is 0 Å². The van der Waals surface area contributed by atoms with Gasteiger partial charge in [0.05, 0.1) is 12.2 Å². The minimum Gasteiger partial charge on any atom is -0.357 e. The van der Waals surface area contributed by atoms with Crippen molar-refractivity contribution in [2.45, 2.75) is 59.3 Å². The molecule has 1 aromatic rings. The molecule has 0 amide bonds. The van der Waals surface area contributed by atoms with Gasteiger partial charge in [-0.15, -0.1) is 0 Å². The Hall–Kier alpha value is -1.77. The SMILES string of the molecule is CCNC(=NCc1c(CC)nn(C)c1CC)N1CCN(C(C)C(F)(F)F)CC1. The molecule has 2 heterocycles. The van der Waals surface area contributed by atoms with Crippen molar-refractivity contribution in [1.29, 1.82) is 0 Å². The Bertz CT molecular complexity index is 659. The molecule has 2 rings (SSSR count). The Balaban J connectivity index is 2.10. The van der Waals surface area contributed by atoms with Crippen molar-refractivity contribution >= 4 is 5.96 Å². The second-order valence-electron chi connectivity index (χ2n) is 7.11. The van der Waals surface area contributed by atoms with Crippen LogP contribution in [-0.2, 0) is 26.4 Å². The number of piperazine rings is 1. The average molecular weight is 403 g/mol. The van der Waals surface area contributed by atoms with Crippen molar-refractivity contribution < 1.29 is 13.2 Å². The van der Waals surface area contributed by atoms with E-state index in [4.69, 9.17) is 4.99 Å². The Morgan fingerprint density at radius 3 is 2.29 bits per heavy atom. The van der Waals surface area contributed by atoms with Gasteiger partial charge in [-0.25, -0.2) is 4.99 Å². The summed E-state index contributed by atoms with van der Waals surface area (Å²) >= 11 is 0. The first kappa shape index (κ1) is 22.5. The summed E-state index contributed by atoms with van der Waals surface area (Å²) in [5.74, 6) is 0.759. The molecule has 0 bridgehead atoms. The van der Waals surface area contributed by atoms with Crippen LogP contribution >= 0.6 is 0 Å². The van der Waals surface area contributed by atoms with E-state index in [9.17, 15) is 13.2 Å². The molecule has 1 aromatic heterocycles. The van der Waals surface area contributed by atoms with E-state index in [-0.39, 0.29) is 0 Å². The van der Waals surface area contributed by atoms with Gasteiger partial charge in [0.25, 0.3) is 0 Å². The highest BCUT2D eigenvalue weighted by Crippen LogP contribution is 2.25. The van der Waals surface area contributed by atoms with Gasteiger partial charge in [-0.1, -0.05) is 13.8 Å². The quantitative estimate of drug-likeness (QED) is 0.587. The number of aromatic nitrogens is 2. The molecular formula is C19H33F3N6. The largest absolute Gasteiger partial charge is 0.403 e.